The molecule has 0 aliphatic carbocycles. The van der Waals surface area contributed by atoms with Crippen LogP contribution in [0.1, 0.15) is 17.0 Å². The normalized spacial score (nSPS) is 10.4. The van der Waals surface area contributed by atoms with E-state index in [-0.39, 0.29) is 5.82 Å². The molecule has 1 aromatic heterocycles. The molecule has 0 amide bonds. The third kappa shape index (κ3) is 2.65. The minimum absolute atomic E-state index is 0.290. The SMILES string of the molecule is CNc1nc(C)nc(Nc2c(C)cccc2F)c1C. The number of halogens is 1. The molecule has 0 saturated carbocycles. The fourth-order valence-electron chi connectivity index (χ4n) is 1.90. The predicted octanol–water partition coefficient (Wildman–Crippen LogP) is 3.33. The van der Waals surface area contributed by atoms with Gasteiger partial charge in [0.15, 0.2) is 0 Å². The Kier molecular flexibility index (Phi) is 3.64. The lowest BCUT2D eigenvalue weighted by Gasteiger charge is -2.14. The van der Waals surface area contributed by atoms with Gasteiger partial charge < -0.3 is 10.6 Å². The maximum Gasteiger partial charge on any atom is 0.146 e. The smallest absolute Gasteiger partial charge is 0.146 e. The first kappa shape index (κ1) is 13.3. The van der Waals surface area contributed by atoms with Gasteiger partial charge in [-0.15, -0.1) is 0 Å². The number of benzene rings is 1. The maximum absolute atomic E-state index is 13.8. The van der Waals surface area contributed by atoms with Gasteiger partial charge in [-0.3, -0.25) is 0 Å². The zero-order valence-electron chi connectivity index (χ0n) is 11.5. The number of nitrogens with one attached hydrogen (secondary N) is 2. The van der Waals surface area contributed by atoms with Gasteiger partial charge in [0.25, 0.3) is 0 Å². The van der Waals surface area contributed by atoms with Crippen LogP contribution in [0.2, 0.25) is 0 Å². The van der Waals surface area contributed by atoms with E-state index in [1.165, 1.54) is 6.07 Å². The molecule has 19 heavy (non-hydrogen) atoms. The van der Waals surface area contributed by atoms with Gasteiger partial charge in [0.05, 0.1) is 5.69 Å². The van der Waals surface area contributed by atoms with Crippen LogP contribution in [0.3, 0.4) is 0 Å². The molecule has 0 unspecified atom stereocenters. The van der Waals surface area contributed by atoms with Crippen molar-refractivity contribution in [2.45, 2.75) is 20.8 Å². The van der Waals surface area contributed by atoms with Crippen LogP contribution in [0, 0.1) is 26.6 Å². The van der Waals surface area contributed by atoms with Crippen LogP contribution in [0.25, 0.3) is 0 Å². The number of hydrogen-bond acceptors (Lipinski definition) is 4. The summed E-state index contributed by atoms with van der Waals surface area (Å²) in [6.07, 6.45) is 0. The molecule has 0 spiro atoms. The summed E-state index contributed by atoms with van der Waals surface area (Å²) in [6, 6.07) is 4.97. The molecule has 2 N–H and O–H groups in total. The fourth-order valence-corrected chi connectivity index (χ4v) is 1.90. The quantitative estimate of drug-likeness (QED) is 0.888. The summed E-state index contributed by atoms with van der Waals surface area (Å²) in [6.45, 7) is 5.55. The zero-order chi connectivity index (χ0) is 14.0. The maximum atomic E-state index is 13.8. The van der Waals surface area contributed by atoms with E-state index in [2.05, 4.69) is 20.6 Å². The van der Waals surface area contributed by atoms with Crippen molar-refractivity contribution in [2.75, 3.05) is 17.7 Å². The van der Waals surface area contributed by atoms with Crippen molar-refractivity contribution < 1.29 is 4.39 Å². The number of aromatic nitrogens is 2. The summed E-state index contributed by atoms with van der Waals surface area (Å²) in [4.78, 5) is 8.61. The molecule has 0 fully saturated rings. The Morgan fingerprint density at radius 2 is 1.74 bits per heavy atom. The molecule has 100 valence electrons. The van der Waals surface area contributed by atoms with E-state index in [1.807, 2.05) is 19.9 Å². The molecule has 4 nitrogen and oxygen atoms in total. The molecular formula is C14H17FN4. The van der Waals surface area contributed by atoms with Crippen molar-refractivity contribution in [3.8, 4) is 0 Å². The third-order valence-electron chi connectivity index (χ3n) is 2.96. The summed E-state index contributed by atoms with van der Waals surface area (Å²) in [5, 5.41) is 6.06. The predicted molar refractivity (Wildman–Crippen MR) is 75.5 cm³/mol. The van der Waals surface area contributed by atoms with Crippen molar-refractivity contribution in [1.82, 2.24) is 9.97 Å². The van der Waals surface area contributed by atoms with E-state index < -0.39 is 0 Å². The van der Waals surface area contributed by atoms with E-state index in [0.717, 1.165) is 16.9 Å². The van der Waals surface area contributed by atoms with Gasteiger partial charge >= 0.3 is 0 Å². The standard InChI is InChI=1S/C14H17FN4/c1-8-6-5-7-11(15)12(8)19-14-9(2)13(16-4)17-10(3)18-14/h5-7H,1-4H3,(H2,16,17,18,19). The molecule has 0 bridgehead atoms. The molecule has 0 atom stereocenters. The van der Waals surface area contributed by atoms with Crippen LogP contribution < -0.4 is 10.6 Å². The van der Waals surface area contributed by atoms with Crippen molar-refractivity contribution >= 4 is 17.3 Å². The first-order valence-electron chi connectivity index (χ1n) is 6.08. The highest BCUT2D eigenvalue weighted by atomic mass is 19.1. The first-order valence-corrected chi connectivity index (χ1v) is 6.08. The number of anilines is 3. The van der Waals surface area contributed by atoms with Crippen molar-refractivity contribution in [2.24, 2.45) is 0 Å². The molecule has 0 radical (unpaired) electrons. The minimum atomic E-state index is -0.290. The van der Waals surface area contributed by atoms with Gasteiger partial charge in [-0.05, 0) is 32.4 Å². The van der Waals surface area contributed by atoms with Gasteiger partial charge in [0.1, 0.15) is 23.3 Å². The second-order valence-electron chi connectivity index (χ2n) is 4.40. The van der Waals surface area contributed by atoms with E-state index in [1.54, 1.807) is 20.0 Å². The van der Waals surface area contributed by atoms with E-state index in [4.69, 9.17) is 0 Å². The van der Waals surface area contributed by atoms with Crippen LogP contribution in [-0.4, -0.2) is 17.0 Å². The van der Waals surface area contributed by atoms with Crippen molar-refractivity contribution in [3.63, 3.8) is 0 Å². The number of nitrogens with zero attached hydrogens (tertiary/aromatic N) is 2. The van der Waals surface area contributed by atoms with Crippen LogP contribution in [-0.2, 0) is 0 Å². The molecule has 0 aliphatic rings. The molecule has 2 aromatic rings. The molecule has 2 rings (SSSR count). The number of rotatable bonds is 3. The van der Waals surface area contributed by atoms with Crippen LogP contribution in [0.15, 0.2) is 18.2 Å². The zero-order valence-corrected chi connectivity index (χ0v) is 11.5. The summed E-state index contributed by atoms with van der Waals surface area (Å²) in [5.41, 5.74) is 2.14. The van der Waals surface area contributed by atoms with Gasteiger partial charge in [0, 0.05) is 12.6 Å². The fraction of sp³-hybridized carbons (Fsp3) is 0.286. The third-order valence-corrected chi connectivity index (χ3v) is 2.96. The van der Waals surface area contributed by atoms with E-state index in [9.17, 15) is 4.39 Å². The number of aryl methyl sites for hydroxylation is 2. The summed E-state index contributed by atoms with van der Waals surface area (Å²) < 4.78 is 13.8. The topological polar surface area (TPSA) is 49.8 Å². The monoisotopic (exact) mass is 260 g/mol. The van der Waals surface area contributed by atoms with Gasteiger partial charge in [-0.1, -0.05) is 12.1 Å². The van der Waals surface area contributed by atoms with Gasteiger partial charge in [-0.25, -0.2) is 14.4 Å². The second kappa shape index (κ2) is 5.22. The lowest BCUT2D eigenvalue weighted by Crippen LogP contribution is -2.06. The molecule has 5 heteroatoms. The highest BCUT2D eigenvalue weighted by molar-refractivity contribution is 5.67. The Labute approximate surface area is 112 Å². The van der Waals surface area contributed by atoms with Gasteiger partial charge in [0.2, 0.25) is 0 Å². The Balaban J connectivity index is 2.47. The average molecular weight is 260 g/mol. The molecule has 1 aromatic carbocycles. The minimum Gasteiger partial charge on any atom is -0.373 e. The summed E-state index contributed by atoms with van der Waals surface area (Å²) >= 11 is 0. The molecule has 0 aliphatic heterocycles. The Morgan fingerprint density at radius 1 is 1.05 bits per heavy atom. The molecule has 1 heterocycles. The van der Waals surface area contributed by atoms with Crippen molar-refractivity contribution in [3.05, 3.63) is 41.0 Å². The lowest BCUT2D eigenvalue weighted by molar-refractivity contribution is 0.630. The van der Waals surface area contributed by atoms with Crippen LogP contribution in [0.5, 0.6) is 0 Å². The lowest BCUT2D eigenvalue weighted by atomic mass is 10.2. The highest BCUT2D eigenvalue weighted by Crippen LogP contribution is 2.26. The number of para-hydroxylation sites is 1. The summed E-state index contributed by atoms with van der Waals surface area (Å²) in [5.74, 6) is 1.70. The Bertz CT molecular complexity index is 590. The largest absolute Gasteiger partial charge is 0.373 e. The van der Waals surface area contributed by atoms with Crippen molar-refractivity contribution in [1.29, 1.82) is 0 Å². The molecule has 0 saturated heterocycles. The van der Waals surface area contributed by atoms with Crippen LogP contribution >= 0.6 is 0 Å². The Hall–Kier alpha value is -2.17. The Morgan fingerprint density at radius 3 is 2.37 bits per heavy atom. The van der Waals surface area contributed by atoms with Crippen LogP contribution in [0.4, 0.5) is 21.7 Å². The number of hydrogen-bond donors (Lipinski definition) is 2. The van der Waals surface area contributed by atoms with E-state index >= 15 is 0 Å². The highest BCUT2D eigenvalue weighted by Gasteiger charge is 2.11. The second-order valence-corrected chi connectivity index (χ2v) is 4.40. The average Bonchev–Trinajstić information content (AvgIpc) is 2.37. The van der Waals surface area contributed by atoms with E-state index in [0.29, 0.717) is 17.3 Å². The van der Waals surface area contributed by atoms with Gasteiger partial charge in [-0.2, -0.15) is 0 Å². The first-order chi connectivity index (χ1) is 9.02. The molecular weight excluding hydrogens is 243 g/mol. The summed E-state index contributed by atoms with van der Waals surface area (Å²) in [7, 11) is 1.80.